The third kappa shape index (κ3) is 3.56. The summed E-state index contributed by atoms with van der Waals surface area (Å²) in [4.78, 5) is 21.8. The number of ether oxygens (including phenoxy) is 1. The summed E-state index contributed by atoms with van der Waals surface area (Å²) in [6, 6.07) is 6.21. The summed E-state index contributed by atoms with van der Waals surface area (Å²) in [5.41, 5.74) is 0.389. The summed E-state index contributed by atoms with van der Waals surface area (Å²) in [6.07, 6.45) is 4.76. The first-order chi connectivity index (χ1) is 11.1. The molecule has 0 bridgehead atoms. The van der Waals surface area contributed by atoms with Crippen LogP contribution in [-0.2, 0) is 16.1 Å². The quantitative estimate of drug-likeness (QED) is 0.856. The van der Waals surface area contributed by atoms with Crippen LogP contribution in [0.2, 0.25) is 0 Å². The smallest absolute Gasteiger partial charge is 0.256 e. The number of hydrogen-bond donors (Lipinski definition) is 0. The highest BCUT2D eigenvalue weighted by atomic mass is 16.5. The van der Waals surface area contributed by atoms with Gasteiger partial charge in [-0.3, -0.25) is 14.7 Å². The van der Waals surface area contributed by atoms with Gasteiger partial charge >= 0.3 is 0 Å². The molecule has 1 aromatic rings. The number of nitrogens with zero attached hydrogens (tertiary/aromatic N) is 3. The van der Waals surface area contributed by atoms with Gasteiger partial charge in [0.1, 0.15) is 0 Å². The van der Waals surface area contributed by atoms with E-state index in [9.17, 15) is 4.79 Å². The molecule has 5 nitrogen and oxygen atoms in total. The highest BCUT2D eigenvalue weighted by Crippen LogP contribution is 2.31. The van der Waals surface area contributed by atoms with Gasteiger partial charge in [-0.25, -0.2) is 0 Å². The lowest BCUT2D eigenvalue weighted by molar-refractivity contribution is -0.172. The number of carbonyl (C=O) groups is 1. The molecule has 3 heterocycles. The predicted octanol–water partition coefficient (Wildman–Crippen LogP) is 2.07. The van der Waals surface area contributed by atoms with Crippen LogP contribution in [0, 0.1) is 0 Å². The van der Waals surface area contributed by atoms with Crippen LogP contribution in [0.4, 0.5) is 0 Å². The van der Waals surface area contributed by atoms with E-state index in [2.05, 4.69) is 23.7 Å². The van der Waals surface area contributed by atoms with Crippen molar-refractivity contribution >= 4 is 5.91 Å². The molecule has 1 aromatic heterocycles. The fraction of sp³-hybridized carbons (Fsp3) is 0.667. The second-order valence-corrected chi connectivity index (χ2v) is 6.92. The van der Waals surface area contributed by atoms with Crippen LogP contribution < -0.4 is 0 Å². The van der Waals surface area contributed by atoms with E-state index in [1.54, 1.807) is 0 Å². The fourth-order valence-electron chi connectivity index (χ4n) is 3.65. The van der Waals surface area contributed by atoms with Crippen molar-refractivity contribution in [1.82, 2.24) is 14.8 Å². The Kier molecular flexibility index (Phi) is 4.97. The Morgan fingerprint density at radius 3 is 2.91 bits per heavy atom. The SMILES string of the molecule is CC(C)N1CCCCC2(CN(Cc3ccccn3)CCO2)C1=O. The Labute approximate surface area is 138 Å². The molecule has 126 valence electrons. The number of rotatable bonds is 3. The summed E-state index contributed by atoms with van der Waals surface area (Å²) >= 11 is 0. The van der Waals surface area contributed by atoms with E-state index >= 15 is 0 Å². The molecule has 2 aliphatic rings. The van der Waals surface area contributed by atoms with Gasteiger partial charge in [0.25, 0.3) is 5.91 Å². The Balaban J connectivity index is 1.76. The zero-order chi connectivity index (χ0) is 16.3. The van der Waals surface area contributed by atoms with Crippen LogP contribution in [0.15, 0.2) is 24.4 Å². The molecular weight excluding hydrogens is 290 g/mol. The zero-order valence-electron chi connectivity index (χ0n) is 14.2. The molecule has 23 heavy (non-hydrogen) atoms. The van der Waals surface area contributed by atoms with Crippen molar-refractivity contribution in [3.8, 4) is 0 Å². The van der Waals surface area contributed by atoms with E-state index in [-0.39, 0.29) is 11.9 Å². The minimum Gasteiger partial charge on any atom is -0.362 e. The summed E-state index contributed by atoms with van der Waals surface area (Å²) in [6.45, 7) is 7.95. The molecule has 0 N–H and O–H groups in total. The van der Waals surface area contributed by atoms with Gasteiger partial charge in [0.05, 0.1) is 12.3 Å². The zero-order valence-corrected chi connectivity index (χ0v) is 14.2. The number of pyridine rings is 1. The van der Waals surface area contributed by atoms with Gasteiger partial charge < -0.3 is 9.64 Å². The Hall–Kier alpha value is -1.46. The number of morpholine rings is 1. The highest BCUT2D eigenvalue weighted by molar-refractivity contribution is 5.86. The molecule has 1 atom stereocenters. The van der Waals surface area contributed by atoms with E-state index in [4.69, 9.17) is 4.74 Å². The minimum absolute atomic E-state index is 0.177. The maximum atomic E-state index is 13.1. The first kappa shape index (κ1) is 16.4. The van der Waals surface area contributed by atoms with Crippen LogP contribution >= 0.6 is 0 Å². The molecule has 2 aliphatic heterocycles. The number of carbonyl (C=O) groups excluding carboxylic acids is 1. The largest absolute Gasteiger partial charge is 0.362 e. The summed E-state index contributed by atoms with van der Waals surface area (Å²) in [5, 5.41) is 0. The molecule has 1 unspecified atom stereocenters. The predicted molar refractivity (Wildman–Crippen MR) is 88.9 cm³/mol. The standard InChI is InChI=1S/C18H27N3O2/c1-15(2)21-10-6-4-8-18(17(21)22)14-20(11-12-23-18)13-16-7-3-5-9-19-16/h3,5,7,9,15H,4,6,8,10-14H2,1-2H3. The van der Waals surface area contributed by atoms with Crippen LogP contribution in [-0.4, -0.2) is 58.6 Å². The Morgan fingerprint density at radius 1 is 1.30 bits per heavy atom. The molecule has 5 heteroatoms. The lowest BCUT2D eigenvalue weighted by Crippen LogP contribution is -2.60. The lowest BCUT2D eigenvalue weighted by atomic mass is 9.93. The van der Waals surface area contributed by atoms with Gasteiger partial charge in [0.15, 0.2) is 5.60 Å². The normalized spacial score (nSPS) is 26.7. The monoisotopic (exact) mass is 317 g/mol. The minimum atomic E-state index is -0.659. The average Bonchev–Trinajstić information content (AvgIpc) is 2.69. The number of hydrogen-bond acceptors (Lipinski definition) is 4. The number of amides is 1. The van der Waals surface area contributed by atoms with Gasteiger partial charge in [-0.1, -0.05) is 6.07 Å². The molecule has 1 amide bonds. The van der Waals surface area contributed by atoms with Crippen molar-refractivity contribution in [2.24, 2.45) is 0 Å². The maximum absolute atomic E-state index is 13.1. The second-order valence-electron chi connectivity index (χ2n) is 6.92. The summed E-state index contributed by atoms with van der Waals surface area (Å²) in [5.74, 6) is 0.177. The summed E-state index contributed by atoms with van der Waals surface area (Å²) in [7, 11) is 0. The molecule has 0 aromatic carbocycles. The molecule has 0 radical (unpaired) electrons. The van der Waals surface area contributed by atoms with Crippen LogP contribution in [0.5, 0.6) is 0 Å². The van der Waals surface area contributed by atoms with Gasteiger partial charge in [-0.05, 0) is 45.2 Å². The Bertz CT molecular complexity index is 534. The maximum Gasteiger partial charge on any atom is 0.256 e. The van der Waals surface area contributed by atoms with Gasteiger partial charge in [0.2, 0.25) is 0 Å². The fourth-order valence-corrected chi connectivity index (χ4v) is 3.65. The second kappa shape index (κ2) is 6.97. The van der Waals surface area contributed by atoms with Crippen LogP contribution in [0.3, 0.4) is 0 Å². The van der Waals surface area contributed by atoms with E-state index < -0.39 is 5.60 Å². The number of likely N-dealkylation sites (tertiary alicyclic amines) is 1. The van der Waals surface area contributed by atoms with Gasteiger partial charge in [-0.2, -0.15) is 0 Å². The van der Waals surface area contributed by atoms with E-state index in [0.29, 0.717) is 13.2 Å². The molecule has 1 spiro atoms. The van der Waals surface area contributed by atoms with E-state index in [0.717, 1.165) is 44.6 Å². The van der Waals surface area contributed by atoms with Crippen molar-refractivity contribution < 1.29 is 9.53 Å². The molecule has 0 saturated carbocycles. The third-order valence-corrected chi connectivity index (χ3v) is 4.88. The van der Waals surface area contributed by atoms with Crippen molar-refractivity contribution in [2.45, 2.75) is 51.3 Å². The lowest BCUT2D eigenvalue weighted by Gasteiger charge is -2.43. The van der Waals surface area contributed by atoms with Gasteiger partial charge in [0, 0.05) is 38.4 Å². The molecule has 3 rings (SSSR count). The third-order valence-electron chi connectivity index (χ3n) is 4.88. The van der Waals surface area contributed by atoms with Crippen molar-refractivity contribution in [3.63, 3.8) is 0 Å². The Morgan fingerprint density at radius 2 is 2.17 bits per heavy atom. The highest BCUT2D eigenvalue weighted by Gasteiger charge is 2.47. The first-order valence-corrected chi connectivity index (χ1v) is 8.68. The molecule has 2 saturated heterocycles. The number of aromatic nitrogens is 1. The molecule has 0 aliphatic carbocycles. The summed E-state index contributed by atoms with van der Waals surface area (Å²) < 4.78 is 6.09. The van der Waals surface area contributed by atoms with Crippen molar-refractivity contribution in [1.29, 1.82) is 0 Å². The van der Waals surface area contributed by atoms with Crippen molar-refractivity contribution in [3.05, 3.63) is 30.1 Å². The van der Waals surface area contributed by atoms with Crippen molar-refractivity contribution in [2.75, 3.05) is 26.2 Å². The first-order valence-electron chi connectivity index (χ1n) is 8.68. The van der Waals surface area contributed by atoms with E-state index in [1.165, 1.54) is 0 Å². The molecular formula is C18H27N3O2. The average molecular weight is 317 g/mol. The van der Waals surface area contributed by atoms with E-state index in [1.807, 2.05) is 29.3 Å². The topological polar surface area (TPSA) is 45.7 Å². The van der Waals surface area contributed by atoms with Crippen LogP contribution in [0.25, 0.3) is 0 Å². The van der Waals surface area contributed by atoms with Crippen LogP contribution in [0.1, 0.15) is 38.8 Å². The molecule has 2 fully saturated rings. The van der Waals surface area contributed by atoms with Gasteiger partial charge in [-0.15, -0.1) is 0 Å².